The van der Waals surface area contributed by atoms with Gasteiger partial charge in [-0.25, -0.2) is 14.4 Å². The van der Waals surface area contributed by atoms with Crippen LogP contribution in [0.4, 0.5) is 10.2 Å². The van der Waals surface area contributed by atoms with Crippen molar-refractivity contribution in [1.82, 2.24) is 9.97 Å². The molecular formula is C14H12FN3S. The third-order valence-electron chi connectivity index (χ3n) is 3.02. The normalized spacial score (nSPS) is 11.1. The van der Waals surface area contributed by atoms with Crippen LogP contribution in [-0.4, -0.2) is 9.97 Å². The number of thiophene rings is 1. The van der Waals surface area contributed by atoms with Gasteiger partial charge in [-0.05, 0) is 35.6 Å². The van der Waals surface area contributed by atoms with Gasteiger partial charge >= 0.3 is 0 Å². The number of hydrogen-bond acceptors (Lipinski definition) is 4. The van der Waals surface area contributed by atoms with E-state index in [9.17, 15) is 4.39 Å². The molecule has 0 aliphatic heterocycles. The lowest BCUT2D eigenvalue weighted by Gasteiger charge is -2.05. The summed E-state index contributed by atoms with van der Waals surface area (Å²) in [6.45, 7) is 2.08. The van der Waals surface area contributed by atoms with Crippen LogP contribution in [0.3, 0.4) is 0 Å². The predicted molar refractivity (Wildman–Crippen MR) is 76.6 cm³/mol. The summed E-state index contributed by atoms with van der Waals surface area (Å²) in [5.41, 5.74) is 7.66. The molecule has 3 rings (SSSR count). The summed E-state index contributed by atoms with van der Waals surface area (Å²) in [6, 6.07) is 6.41. The lowest BCUT2D eigenvalue weighted by molar-refractivity contribution is 0.629. The van der Waals surface area contributed by atoms with Crippen LogP contribution in [0, 0.1) is 5.82 Å². The highest BCUT2D eigenvalue weighted by molar-refractivity contribution is 7.13. The summed E-state index contributed by atoms with van der Waals surface area (Å²) in [7, 11) is 0. The quantitative estimate of drug-likeness (QED) is 0.775. The van der Waals surface area contributed by atoms with Gasteiger partial charge in [-0.2, -0.15) is 0 Å². The molecule has 0 bridgehead atoms. The van der Waals surface area contributed by atoms with Gasteiger partial charge in [-0.3, -0.25) is 0 Å². The highest BCUT2D eigenvalue weighted by Crippen LogP contribution is 2.30. The van der Waals surface area contributed by atoms with Crippen molar-refractivity contribution in [3.63, 3.8) is 0 Å². The van der Waals surface area contributed by atoms with Gasteiger partial charge in [0, 0.05) is 11.5 Å². The second kappa shape index (κ2) is 4.59. The molecule has 2 heterocycles. The summed E-state index contributed by atoms with van der Waals surface area (Å²) < 4.78 is 13.3. The van der Waals surface area contributed by atoms with Gasteiger partial charge in [0.1, 0.15) is 11.6 Å². The number of fused-ring (bicyclic) bond motifs is 1. The van der Waals surface area contributed by atoms with E-state index < -0.39 is 0 Å². The molecule has 5 heteroatoms. The maximum absolute atomic E-state index is 13.3. The van der Waals surface area contributed by atoms with Crippen LogP contribution in [0.5, 0.6) is 0 Å². The van der Waals surface area contributed by atoms with E-state index in [0.29, 0.717) is 22.5 Å². The van der Waals surface area contributed by atoms with E-state index >= 15 is 0 Å². The number of aryl methyl sites for hydroxylation is 1. The molecule has 2 N–H and O–H groups in total. The topological polar surface area (TPSA) is 51.8 Å². The molecule has 3 aromatic rings. The van der Waals surface area contributed by atoms with Crippen molar-refractivity contribution in [2.75, 3.05) is 5.73 Å². The molecule has 96 valence electrons. The lowest BCUT2D eigenvalue weighted by atomic mass is 10.2. The minimum absolute atomic E-state index is 0.321. The molecule has 0 unspecified atom stereocenters. The van der Waals surface area contributed by atoms with Crippen molar-refractivity contribution in [1.29, 1.82) is 0 Å². The van der Waals surface area contributed by atoms with Crippen molar-refractivity contribution in [3.8, 4) is 10.7 Å². The molecule has 0 saturated carbocycles. The Balaban J connectivity index is 2.25. The molecule has 3 nitrogen and oxygen atoms in total. The molecule has 0 atom stereocenters. The van der Waals surface area contributed by atoms with Crippen molar-refractivity contribution in [3.05, 3.63) is 41.0 Å². The first kappa shape index (κ1) is 12.0. The standard InChI is InChI=1S/C14H12FN3S/c1-2-8-5-6-19-12(8)14-17-11-7-9(15)3-4-10(11)13(16)18-14/h3-7H,2H2,1H3,(H2,16,17,18). The molecule has 1 aromatic carbocycles. The van der Waals surface area contributed by atoms with Crippen LogP contribution < -0.4 is 5.73 Å². The molecule has 0 aliphatic carbocycles. The summed E-state index contributed by atoms with van der Waals surface area (Å²) in [4.78, 5) is 9.76. The molecule has 0 aliphatic rings. The average Bonchev–Trinajstić information content (AvgIpc) is 2.86. The Morgan fingerprint density at radius 1 is 1.26 bits per heavy atom. The van der Waals surface area contributed by atoms with Crippen LogP contribution in [-0.2, 0) is 6.42 Å². The van der Waals surface area contributed by atoms with Gasteiger partial charge in [0.05, 0.1) is 10.4 Å². The van der Waals surface area contributed by atoms with Gasteiger partial charge < -0.3 is 5.73 Å². The fraction of sp³-hybridized carbons (Fsp3) is 0.143. The maximum atomic E-state index is 13.3. The van der Waals surface area contributed by atoms with E-state index in [1.54, 1.807) is 17.4 Å². The summed E-state index contributed by atoms with van der Waals surface area (Å²) in [5, 5.41) is 2.68. The molecule has 0 spiro atoms. The van der Waals surface area contributed by atoms with Gasteiger partial charge in [0.2, 0.25) is 0 Å². The van der Waals surface area contributed by atoms with E-state index in [-0.39, 0.29) is 5.82 Å². The first-order valence-electron chi connectivity index (χ1n) is 5.98. The third-order valence-corrected chi connectivity index (χ3v) is 3.97. The zero-order valence-electron chi connectivity index (χ0n) is 10.4. The first-order valence-corrected chi connectivity index (χ1v) is 6.86. The monoisotopic (exact) mass is 273 g/mol. The molecule has 0 radical (unpaired) electrons. The minimum atomic E-state index is -0.321. The van der Waals surface area contributed by atoms with E-state index in [0.717, 1.165) is 11.3 Å². The number of aromatic nitrogens is 2. The van der Waals surface area contributed by atoms with Crippen molar-refractivity contribution < 1.29 is 4.39 Å². The number of nitrogens with zero attached hydrogens (tertiary/aromatic N) is 2. The van der Waals surface area contributed by atoms with Crippen LogP contribution in [0.2, 0.25) is 0 Å². The SMILES string of the molecule is CCc1ccsc1-c1nc(N)c2ccc(F)cc2n1. The Morgan fingerprint density at radius 2 is 2.11 bits per heavy atom. The van der Waals surface area contributed by atoms with E-state index in [4.69, 9.17) is 5.73 Å². The van der Waals surface area contributed by atoms with Crippen molar-refractivity contribution in [2.24, 2.45) is 0 Å². The van der Waals surface area contributed by atoms with E-state index in [2.05, 4.69) is 23.0 Å². The van der Waals surface area contributed by atoms with Gasteiger partial charge in [-0.15, -0.1) is 11.3 Å². The van der Waals surface area contributed by atoms with Gasteiger partial charge in [-0.1, -0.05) is 6.92 Å². The van der Waals surface area contributed by atoms with E-state index in [1.807, 2.05) is 5.38 Å². The summed E-state index contributed by atoms with van der Waals surface area (Å²) in [6.07, 6.45) is 0.906. The number of benzene rings is 1. The van der Waals surface area contributed by atoms with Crippen molar-refractivity contribution in [2.45, 2.75) is 13.3 Å². The summed E-state index contributed by atoms with van der Waals surface area (Å²) in [5.74, 6) is 0.636. The molecule has 19 heavy (non-hydrogen) atoms. The summed E-state index contributed by atoms with van der Waals surface area (Å²) >= 11 is 1.57. The van der Waals surface area contributed by atoms with Crippen LogP contribution in [0.15, 0.2) is 29.6 Å². The fourth-order valence-corrected chi connectivity index (χ4v) is 2.97. The zero-order chi connectivity index (χ0) is 13.4. The molecule has 0 amide bonds. The number of nitrogen functional groups attached to an aromatic ring is 1. The molecular weight excluding hydrogens is 261 g/mol. The maximum Gasteiger partial charge on any atom is 0.172 e. The Morgan fingerprint density at radius 3 is 2.89 bits per heavy atom. The van der Waals surface area contributed by atoms with Crippen LogP contribution in [0.1, 0.15) is 12.5 Å². The minimum Gasteiger partial charge on any atom is -0.383 e. The highest BCUT2D eigenvalue weighted by Gasteiger charge is 2.12. The Kier molecular flexibility index (Phi) is 2.91. The second-order valence-electron chi connectivity index (χ2n) is 4.22. The number of hydrogen-bond donors (Lipinski definition) is 1. The number of nitrogens with two attached hydrogens (primary N) is 1. The highest BCUT2D eigenvalue weighted by atomic mass is 32.1. The zero-order valence-corrected chi connectivity index (χ0v) is 11.2. The second-order valence-corrected chi connectivity index (χ2v) is 5.14. The van der Waals surface area contributed by atoms with Crippen LogP contribution >= 0.6 is 11.3 Å². The first-order chi connectivity index (χ1) is 9.19. The largest absolute Gasteiger partial charge is 0.383 e. The third kappa shape index (κ3) is 2.06. The lowest BCUT2D eigenvalue weighted by Crippen LogP contribution is -1.98. The molecule has 0 saturated heterocycles. The van der Waals surface area contributed by atoms with Gasteiger partial charge in [0.25, 0.3) is 0 Å². The predicted octanol–water partition coefficient (Wildman–Crippen LogP) is 3.64. The average molecular weight is 273 g/mol. The van der Waals surface area contributed by atoms with E-state index in [1.165, 1.54) is 17.7 Å². The van der Waals surface area contributed by atoms with Gasteiger partial charge in [0.15, 0.2) is 5.82 Å². The molecule has 2 aromatic heterocycles. The number of rotatable bonds is 2. The Labute approximate surface area is 113 Å². The molecule has 0 fully saturated rings. The fourth-order valence-electron chi connectivity index (χ4n) is 2.04. The number of anilines is 1. The Hall–Kier alpha value is -2.01. The van der Waals surface area contributed by atoms with Crippen LogP contribution in [0.25, 0.3) is 21.6 Å². The Bertz CT molecular complexity index is 752. The number of halogens is 1. The van der Waals surface area contributed by atoms with Crippen molar-refractivity contribution >= 4 is 28.1 Å². The smallest absolute Gasteiger partial charge is 0.172 e.